The SMILES string of the molecule is CCCCN(CCCC)c1ccc([N+](=O)[O-])c(C(C)=O)c1. The first kappa shape index (κ1) is 17.1. The highest BCUT2D eigenvalue weighted by molar-refractivity contribution is 5.99. The maximum Gasteiger partial charge on any atom is 0.280 e. The number of carbonyl (C=O) groups excluding carboxylic acids is 1. The molecule has 0 amide bonds. The van der Waals surface area contributed by atoms with Crippen molar-refractivity contribution in [2.45, 2.75) is 46.5 Å². The van der Waals surface area contributed by atoms with E-state index in [-0.39, 0.29) is 17.0 Å². The van der Waals surface area contributed by atoms with Crippen LogP contribution < -0.4 is 4.90 Å². The Bertz CT molecular complexity index is 492. The molecule has 5 heteroatoms. The van der Waals surface area contributed by atoms with E-state index in [2.05, 4.69) is 18.7 Å². The normalized spacial score (nSPS) is 10.4. The number of benzene rings is 1. The summed E-state index contributed by atoms with van der Waals surface area (Å²) in [5, 5.41) is 11.0. The first-order valence-electron chi connectivity index (χ1n) is 7.55. The predicted molar refractivity (Wildman–Crippen MR) is 85.1 cm³/mol. The Kier molecular flexibility index (Phi) is 6.85. The van der Waals surface area contributed by atoms with Crippen LogP contribution in [0.25, 0.3) is 0 Å². The van der Waals surface area contributed by atoms with E-state index in [0.29, 0.717) is 0 Å². The van der Waals surface area contributed by atoms with Gasteiger partial charge in [0.15, 0.2) is 5.78 Å². The van der Waals surface area contributed by atoms with E-state index in [1.54, 1.807) is 12.1 Å². The first-order chi connectivity index (χ1) is 10.0. The van der Waals surface area contributed by atoms with Gasteiger partial charge in [0.1, 0.15) is 0 Å². The van der Waals surface area contributed by atoms with Crippen molar-refractivity contribution in [1.82, 2.24) is 0 Å². The number of nitro benzene ring substituents is 1. The molecule has 5 nitrogen and oxygen atoms in total. The summed E-state index contributed by atoms with van der Waals surface area (Å²) in [7, 11) is 0. The zero-order valence-electron chi connectivity index (χ0n) is 13.1. The molecule has 0 bridgehead atoms. The molecule has 1 aromatic rings. The van der Waals surface area contributed by atoms with Gasteiger partial charge >= 0.3 is 0 Å². The molecule has 0 aliphatic carbocycles. The van der Waals surface area contributed by atoms with E-state index in [1.165, 1.54) is 13.0 Å². The van der Waals surface area contributed by atoms with Crippen LogP contribution in [0.1, 0.15) is 56.8 Å². The summed E-state index contributed by atoms with van der Waals surface area (Å²) in [6, 6.07) is 4.85. The van der Waals surface area contributed by atoms with E-state index in [4.69, 9.17) is 0 Å². The number of unbranched alkanes of at least 4 members (excludes halogenated alkanes) is 2. The van der Waals surface area contributed by atoms with E-state index in [1.807, 2.05) is 0 Å². The highest BCUT2D eigenvalue weighted by Gasteiger charge is 2.19. The molecule has 0 aliphatic rings. The highest BCUT2D eigenvalue weighted by atomic mass is 16.6. The molecule has 0 aromatic heterocycles. The molecule has 0 fully saturated rings. The van der Waals surface area contributed by atoms with Gasteiger partial charge in [0.2, 0.25) is 0 Å². The van der Waals surface area contributed by atoms with Crippen molar-refractivity contribution < 1.29 is 9.72 Å². The molecule has 0 spiro atoms. The minimum Gasteiger partial charge on any atom is -0.372 e. The van der Waals surface area contributed by atoms with Crippen LogP contribution in [0.5, 0.6) is 0 Å². The van der Waals surface area contributed by atoms with Crippen LogP contribution in [0.3, 0.4) is 0 Å². The second-order valence-electron chi connectivity index (χ2n) is 5.21. The summed E-state index contributed by atoms with van der Waals surface area (Å²) in [6.45, 7) is 7.45. The van der Waals surface area contributed by atoms with Crippen molar-refractivity contribution in [1.29, 1.82) is 0 Å². The molecule has 1 rings (SSSR count). The topological polar surface area (TPSA) is 63.4 Å². The van der Waals surface area contributed by atoms with Crippen LogP contribution in [-0.2, 0) is 0 Å². The summed E-state index contributed by atoms with van der Waals surface area (Å²) >= 11 is 0. The lowest BCUT2D eigenvalue weighted by Gasteiger charge is -2.25. The number of nitrogens with zero attached hydrogens (tertiary/aromatic N) is 2. The van der Waals surface area contributed by atoms with E-state index >= 15 is 0 Å². The number of carbonyl (C=O) groups is 1. The Morgan fingerprint density at radius 2 is 1.76 bits per heavy atom. The quantitative estimate of drug-likeness (QED) is 0.388. The van der Waals surface area contributed by atoms with E-state index in [9.17, 15) is 14.9 Å². The Morgan fingerprint density at radius 1 is 1.19 bits per heavy atom. The van der Waals surface area contributed by atoms with Crippen molar-refractivity contribution in [3.8, 4) is 0 Å². The minimum absolute atomic E-state index is 0.114. The maximum atomic E-state index is 11.7. The maximum absolute atomic E-state index is 11.7. The molecule has 0 atom stereocenters. The Labute approximate surface area is 126 Å². The molecule has 0 saturated carbocycles. The number of Topliss-reactive ketones (excluding diaryl/α,β-unsaturated/α-hetero) is 1. The van der Waals surface area contributed by atoms with Crippen molar-refractivity contribution in [3.63, 3.8) is 0 Å². The van der Waals surface area contributed by atoms with Gasteiger partial charge in [0.05, 0.1) is 10.5 Å². The molecule has 21 heavy (non-hydrogen) atoms. The standard InChI is InChI=1S/C16H24N2O3/c1-4-6-10-17(11-7-5-2)14-8-9-16(18(20)21)15(12-14)13(3)19/h8-9,12H,4-7,10-11H2,1-3H3. The Morgan fingerprint density at radius 3 is 2.19 bits per heavy atom. The average molecular weight is 292 g/mol. The number of anilines is 1. The lowest BCUT2D eigenvalue weighted by molar-refractivity contribution is -0.385. The lowest BCUT2D eigenvalue weighted by atomic mass is 10.1. The summed E-state index contributed by atoms with van der Waals surface area (Å²) in [4.78, 5) is 24.4. The fraction of sp³-hybridized carbons (Fsp3) is 0.562. The molecule has 1 aromatic carbocycles. The molecule has 116 valence electrons. The zero-order chi connectivity index (χ0) is 15.8. The van der Waals surface area contributed by atoms with Crippen LogP contribution in [0.4, 0.5) is 11.4 Å². The van der Waals surface area contributed by atoms with Crippen LogP contribution in [0.2, 0.25) is 0 Å². The largest absolute Gasteiger partial charge is 0.372 e. The summed E-state index contributed by atoms with van der Waals surface area (Å²) in [5.41, 5.74) is 0.973. The van der Waals surface area contributed by atoms with Gasteiger partial charge in [-0.05, 0) is 31.9 Å². The van der Waals surface area contributed by atoms with Gasteiger partial charge in [-0.2, -0.15) is 0 Å². The molecular weight excluding hydrogens is 268 g/mol. The monoisotopic (exact) mass is 292 g/mol. The molecule has 0 radical (unpaired) electrons. The third-order valence-electron chi connectivity index (χ3n) is 3.48. The number of hydrogen-bond acceptors (Lipinski definition) is 4. The van der Waals surface area contributed by atoms with Crippen LogP contribution >= 0.6 is 0 Å². The van der Waals surface area contributed by atoms with Crippen molar-refractivity contribution >= 4 is 17.2 Å². The number of hydrogen-bond donors (Lipinski definition) is 0. The van der Waals surface area contributed by atoms with Crippen LogP contribution in [0, 0.1) is 10.1 Å². The highest BCUT2D eigenvalue weighted by Crippen LogP contribution is 2.26. The Hall–Kier alpha value is -1.91. The van der Waals surface area contributed by atoms with Crippen molar-refractivity contribution in [2.75, 3.05) is 18.0 Å². The minimum atomic E-state index is -0.497. The van der Waals surface area contributed by atoms with Gasteiger partial charge in [-0.15, -0.1) is 0 Å². The van der Waals surface area contributed by atoms with Gasteiger partial charge in [0.25, 0.3) is 5.69 Å². The van der Waals surface area contributed by atoms with Crippen LogP contribution in [-0.4, -0.2) is 23.8 Å². The summed E-state index contributed by atoms with van der Waals surface area (Å²) in [5.74, 6) is -0.269. The van der Waals surface area contributed by atoms with Gasteiger partial charge in [-0.3, -0.25) is 14.9 Å². The summed E-state index contributed by atoms with van der Waals surface area (Å²) < 4.78 is 0. The van der Waals surface area contributed by atoms with E-state index < -0.39 is 4.92 Å². The van der Waals surface area contributed by atoms with Crippen LogP contribution in [0.15, 0.2) is 18.2 Å². The molecule has 0 saturated heterocycles. The van der Waals surface area contributed by atoms with Gasteiger partial charge < -0.3 is 4.90 Å². The first-order valence-corrected chi connectivity index (χ1v) is 7.55. The third-order valence-corrected chi connectivity index (χ3v) is 3.48. The smallest absolute Gasteiger partial charge is 0.280 e. The predicted octanol–water partition coefficient (Wildman–Crippen LogP) is 4.20. The number of rotatable bonds is 9. The van der Waals surface area contributed by atoms with Gasteiger partial charge in [-0.1, -0.05) is 26.7 Å². The van der Waals surface area contributed by atoms with Crippen molar-refractivity contribution in [3.05, 3.63) is 33.9 Å². The molecule has 0 N–H and O–H groups in total. The molecule has 0 heterocycles. The Balaban J connectivity index is 3.10. The molecule has 0 unspecified atom stereocenters. The molecular formula is C16H24N2O3. The van der Waals surface area contributed by atoms with Crippen molar-refractivity contribution in [2.24, 2.45) is 0 Å². The third kappa shape index (κ3) is 4.85. The lowest BCUT2D eigenvalue weighted by Crippen LogP contribution is -2.25. The van der Waals surface area contributed by atoms with Gasteiger partial charge in [0, 0.05) is 24.8 Å². The fourth-order valence-corrected chi connectivity index (χ4v) is 2.23. The average Bonchev–Trinajstić information content (AvgIpc) is 2.46. The zero-order valence-corrected chi connectivity index (χ0v) is 13.1. The van der Waals surface area contributed by atoms with Gasteiger partial charge in [-0.25, -0.2) is 0 Å². The fourth-order valence-electron chi connectivity index (χ4n) is 2.23. The number of nitro groups is 1. The molecule has 0 aliphatic heterocycles. The number of ketones is 1. The second-order valence-corrected chi connectivity index (χ2v) is 5.21. The second kappa shape index (κ2) is 8.39. The summed E-state index contributed by atoms with van der Waals surface area (Å²) in [6.07, 6.45) is 4.32. The van der Waals surface area contributed by atoms with E-state index in [0.717, 1.165) is 44.5 Å².